The van der Waals surface area contributed by atoms with Crippen LogP contribution in [0.5, 0.6) is 5.75 Å². The molecule has 0 spiro atoms. The number of alkyl halides is 6. The molecule has 1 aromatic carbocycles. The summed E-state index contributed by atoms with van der Waals surface area (Å²) in [5, 5.41) is 14.6. The van der Waals surface area contributed by atoms with Crippen LogP contribution in [0, 0.1) is 0 Å². The van der Waals surface area contributed by atoms with E-state index in [0.717, 1.165) is 17.5 Å². The molecule has 0 saturated carbocycles. The Kier molecular flexibility index (Phi) is 9.77. The summed E-state index contributed by atoms with van der Waals surface area (Å²) in [4.78, 5) is 22.1. The molecule has 4 rings (SSSR count). The molecule has 1 atom stereocenters. The van der Waals surface area contributed by atoms with Crippen molar-refractivity contribution in [3.05, 3.63) is 58.7 Å². The van der Waals surface area contributed by atoms with Gasteiger partial charge >= 0.3 is 12.4 Å². The molecule has 244 valence electrons. The van der Waals surface area contributed by atoms with Crippen LogP contribution in [0.15, 0.2) is 36.5 Å². The summed E-state index contributed by atoms with van der Waals surface area (Å²) in [6.07, 6.45) is -10.4. The van der Waals surface area contributed by atoms with Gasteiger partial charge in [0, 0.05) is 26.2 Å². The maximum atomic E-state index is 13.4. The highest BCUT2D eigenvalue weighted by atomic mass is 19.4. The van der Waals surface area contributed by atoms with Crippen LogP contribution >= 0.6 is 0 Å². The third-order valence-electron chi connectivity index (χ3n) is 8.01. The monoisotopic (exact) mass is 630 g/mol. The Hall–Kier alpha value is -3.10. The molecular formula is C30H38F6N5O3-. The first-order valence-electron chi connectivity index (χ1n) is 14.5. The average Bonchev–Trinajstić information content (AvgIpc) is 3.32. The van der Waals surface area contributed by atoms with Gasteiger partial charge in [0.2, 0.25) is 5.91 Å². The summed E-state index contributed by atoms with van der Waals surface area (Å²) in [5.74, 6) is 0.682. The predicted octanol–water partition coefficient (Wildman–Crippen LogP) is 5.34. The quantitative estimate of drug-likeness (QED) is 0.377. The minimum absolute atomic E-state index is 0.0645. The average molecular weight is 631 g/mol. The largest absolute Gasteiger partial charge is 0.640 e. The van der Waals surface area contributed by atoms with Crippen molar-refractivity contribution in [2.75, 3.05) is 50.8 Å². The summed E-state index contributed by atoms with van der Waals surface area (Å²) in [6.45, 7) is 10.1. The normalized spacial score (nSPS) is 20.5. The molecule has 0 bridgehead atoms. The summed E-state index contributed by atoms with van der Waals surface area (Å²) >= 11 is 0. The van der Waals surface area contributed by atoms with E-state index in [9.17, 15) is 36.2 Å². The summed E-state index contributed by atoms with van der Waals surface area (Å²) in [6, 6.07) is 8.46. The Morgan fingerprint density at radius 3 is 2.23 bits per heavy atom. The van der Waals surface area contributed by atoms with E-state index in [4.69, 9.17) is 10.1 Å². The molecular weight excluding hydrogens is 592 g/mol. The highest BCUT2D eigenvalue weighted by Gasteiger charge is 2.72. The first-order valence-corrected chi connectivity index (χ1v) is 14.5. The minimum atomic E-state index is -6.01. The number of pyridine rings is 1. The lowest BCUT2D eigenvalue weighted by atomic mass is 9.93. The van der Waals surface area contributed by atoms with E-state index in [1.165, 1.54) is 0 Å². The van der Waals surface area contributed by atoms with E-state index in [0.29, 0.717) is 57.6 Å². The zero-order valence-corrected chi connectivity index (χ0v) is 25.2. The van der Waals surface area contributed by atoms with Crippen molar-refractivity contribution in [3.8, 4) is 5.75 Å². The van der Waals surface area contributed by atoms with Gasteiger partial charge in [-0.05, 0) is 50.6 Å². The van der Waals surface area contributed by atoms with Gasteiger partial charge in [-0.2, -0.15) is 26.3 Å². The van der Waals surface area contributed by atoms with Gasteiger partial charge in [0.1, 0.15) is 5.75 Å². The highest BCUT2D eigenvalue weighted by molar-refractivity contribution is 5.78. The van der Waals surface area contributed by atoms with Gasteiger partial charge in [0.25, 0.3) is 5.60 Å². The Balaban J connectivity index is 1.38. The van der Waals surface area contributed by atoms with Gasteiger partial charge in [0.05, 0.1) is 30.2 Å². The SMILES string of the molecule is CCCc1cc(C(O)(C(F)(F)F)C(F)(F)F)ncc1N1CCN(C(=O)CN2C[N-]C(C)(c3ccc(OC(C)C)cc3)C2)CC1. The van der Waals surface area contributed by atoms with Gasteiger partial charge in [0.15, 0.2) is 0 Å². The number of carbonyl (C=O) groups excluding carboxylic acids is 1. The predicted molar refractivity (Wildman–Crippen MR) is 152 cm³/mol. The molecule has 0 radical (unpaired) electrons. The fraction of sp³-hybridized carbons (Fsp3) is 0.600. The van der Waals surface area contributed by atoms with Gasteiger partial charge in [-0.3, -0.25) is 9.78 Å². The summed E-state index contributed by atoms with van der Waals surface area (Å²) in [5.41, 5.74) is -5.46. The Labute approximate surface area is 253 Å². The van der Waals surface area contributed by atoms with Crippen LogP contribution in [0.3, 0.4) is 0 Å². The maximum absolute atomic E-state index is 13.4. The van der Waals surface area contributed by atoms with E-state index in [1.54, 1.807) is 16.7 Å². The Morgan fingerprint density at radius 2 is 1.68 bits per heavy atom. The van der Waals surface area contributed by atoms with E-state index < -0.39 is 29.2 Å². The standard InChI is InChI=1S/C30H38F6N5O3/c1-5-6-21-15-25(28(43,29(31,32)33)30(34,35)36)37-16-24(21)40-11-13-41(14-12-40)26(42)17-39-18-27(4,38-19-39)22-7-9-23(10-8-22)44-20(2)3/h7-10,15-16,20,43H,5-6,11-14,17-19H2,1-4H3/q-1. The number of ether oxygens (including phenoxy) is 1. The Bertz CT molecular complexity index is 1280. The van der Waals surface area contributed by atoms with Crippen molar-refractivity contribution < 1.29 is 41.0 Å². The number of aromatic nitrogens is 1. The van der Waals surface area contributed by atoms with Crippen molar-refractivity contribution in [1.29, 1.82) is 0 Å². The fourth-order valence-electron chi connectivity index (χ4n) is 5.63. The molecule has 2 saturated heterocycles. The number of benzene rings is 1. The van der Waals surface area contributed by atoms with Crippen molar-refractivity contribution in [2.45, 2.75) is 70.1 Å². The molecule has 2 aliphatic heterocycles. The zero-order valence-electron chi connectivity index (χ0n) is 25.2. The summed E-state index contributed by atoms with van der Waals surface area (Å²) < 4.78 is 86.3. The van der Waals surface area contributed by atoms with Crippen LogP contribution in [0.2, 0.25) is 0 Å². The second-order valence-corrected chi connectivity index (χ2v) is 11.8. The number of rotatable bonds is 9. The molecule has 3 heterocycles. The smallest absolute Gasteiger partial charge is 0.432 e. The molecule has 2 aromatic rings. The molecule has 1 aromatic heterocycles. The first-order chi connectivity index (χ1) is 20.5. The molecule has 1 unspecified atom stereocenters. The van der Waals surface area contributed by atoms with Crippen LogP contribution in [0.25, 0.3) is 5.32 Å². The molecule has 1 N–H and O–H groups in total. The number of carbonyl (C=O) groups is 1. The number of anilines is 1. The number of aliphatic hydroxyl groups is 1. The van der Waals surface area contributed by atoms with E-state index in [-0.39, 0.29) is 30.5 Å². The van der Waals surface area contributed by atoms with Gasteiger partial charge in [-0.1, -0.05) is 50.2 Å². The van der Waals surface area contributed by atoms with Crippen molar-refractivity contribution >= 4 is 11.6 Å². The number of piperazine rings is 1. The first kappa shape index (κ1) is 33.8. The number of aryl methyl sites for hydroxylation is 1. The summed E-state index contributed by atoms with van der Waals surface area (Å²) in [7, 11) is 0. The molecule has 44 heavy (non-hydrogen) atoms. The molecule has 1 amide bonds. The Morgan fingerprint density at radius 1 is 1.07 bits per heavy atom. The van der Waals surface area contributed by atoms with Crippen LogP contribution < -0.4 is 9.64 Å². The second-order valence-electron chi connectivity index (χ2n) is 11.8. The molecule has 8 nitrogen and oxygen atoms in total. The third kappa shape index (κ3) is 6.91. The third-order valence-corrected chi connectivity index (χ3v) is 8.01. The number of hydrogen-bond acceptors (Lipinski definition) is 6. The van der Waals surface area contributed by atoms with Gasteiger partial charge in [-0.15, -0.1) is 0 Å². The second kappa shape index (κ2) is 12.7. The maximum Gasteiger partial charge on any atom is 0.432 e. The fourth-order valence-corrected chi connectivity index (χ4v) is 5.63. The van der Waals surface area contributed by atoms with Crippen LogP contribution in [0.1, 0.15) is 50.9 Å². The van der Waals surface area contributed by atoms with Crippen LogP contribution in [0.4, 0.5) is 32.0 Å². The lowest BCUT2D eigenvalue weighted by molar-refractivity contribution is -0.377. The van der Waals surface area contributed by atoms with Crippen molar-refractivity contribution in [2.24, 2.45) is 0 Å². The molecule has 2 fully saturated rings. The number of halogens is 6. The number of hydrogen-bond donors (Lipinski definition) is 1. The number of nitrogens with zero attached hydrogens (tertiary/aromatic N) is 5. The topological polar surface area (TPSA) is 83.2 Å². The van der Waals surface area contributed by atoms with Crippen LogP contribution in [-0.4, -0.2) is 90.2 Å². The molecule has 0 aliphatic carbocycles. The van der Waals surface area contributed by atoms with E-state index in [2.05, 4.69) is 4.98 Å². The van der Waals surface area contributed by atoms with E-state index >= 15 is 0 Å². The minimum Gasteiger partial charge on any atom is -0.640 e. The van der Waals surface area contributed by atoms with Crippen molar-refractivity contribution in [1.82, 2.24) is 14.8 Å². The molecule has 2 aliphatic rings. The number of amides is 1. The van der Waals surface area contributed by atoms with Gasteiger partial charge < -0.3 is 29.9 Å². The van der Waals surface area contributed by atoms with Crippen molar-refractivity contribution in [3.63, 3.8) is 0 Å². The lowest BCUT2D eigenvalue weighted by Gasteiger charge is -2.38. The van der Waals surface area contributed by atoms with Crippen LogP contribution in [-0.2, 0) is 22.4 Å². The van der Waals surface area contributed by atoms with E-state index in [1.807, 2.05) is 49.9 Å². The highest BCUT2D eigenvalue weighted by Crippen LogP contribution is 2.50. The molecule has 14 heteroatoms. The van der Waals surface area contributed by atoms with Gasteiger partial charge in [-0.25, -0.2) is 0 Å². The lowest BCUT2D eigenvalue weighted by Crippen LogP contribution is -2.54. The zero-order chi connectivity index (χ0) is 32.5.